The monoisotopic (exact) mass is 311 g/mol. The Morgan fingerprint density at radius 3 is 2.90 bits per heavy atom. The molecule has 1 fully saturated rings. The van der Waals surface area contributed by atoms with E-state index < -0.39 is 4.92 Å². The molecule has 1 aliphatic heterocycles. The summed E-state index contributed by atoms with van der Waals surface area (Å²) in [7, 11) is 0. The Balaban J connectivity index is 2.07. The Morgan fingerprint density at radius 1 is 1.57 bits per heavy atom. The van der Waals surface area contributed by atoms with E-state index in [0.29, 0.717) is 11.6 Å². The van der Waals surface area contributed by atoms with E-state index in [1.54, 1.807) is 6.07 Å². The summed E-state index contributed by atoms with van der Waals surface area (Å²) in [5, 5.41) is 23.5. The molecule has 1 N–H and O–H groups in total. The van der Waals surface area contributed by atoms with Crippen molar-refractivity contribution in [3.05, 3.63) is 38.9 Å². The third kappa shape index (κ3) is 3.71. The summed E-state index contributed by atoms with van der Waals surface area (Å²) in [6.07, 6.45) is 1.66. The smallest absolute Gasteiger partial charge is 0.270 e. The summed E-state index contributed by atoms with van der Waals surface area (Å²) in [5.74, 6) is 0.251. The zero-order chi connectivity index (χ0) is 15.4. The average molecular weight is 312 g/mol. The molecule has 0 bridgehead atoms. The topological polar surface area (TPSA) is 79.0 Å². The number of nitrogens with zero attached hydrogens (tertiary/aromatic N) is 3. The number of oxime groups is 1. The van der Waals surface area contributed by atoms with E-state index in [9.17, 15) is 10.1 Å². The van der Waals surface area contributed by atoms with E-state index in [1.165, 1.54) is 12.1 Å². The van der Waals surface area contributed by atoms with Crippen LogP contribution in [0.15, 0.2) is 23.4 Å². The zero-order valence-electron chi connectivity index (χ0n) is 11.8. The first-order valence-electron chi connectivity index (χ1n) is 6.91. The number of hydrogen-bond acceptors (Lipinski definition) is 5. The molecule has 0 saturated carbocycles. The van der Waals surface area contributed by atoms with E-state index in [1.807, 2.05) is 0 Å². The summed E-state index contributed by atoms with van der Waals surface area (Å²) in [6, 6.07) is 4.57. The highest BCUT2D eigenvalue weighted by molar-refractivity contribution is 6.31. The Morgan fingerprint density at radius 2 is 2.33 bits per heavy atom. The van der Waals surface area contributed by atoms with E-state index in [-0.39, 0.29) is 11.6 Å². The van der Waals surface area contributed by atoms with Gasteiger partial charge in [-0.15, -0.1) is 0 Å². The molecule has 1 unspecified atom stereocenters. The molecule has 0 amide bonds. The standard InChI is InChI=1S/C14H18ClN3O3/c1-2-10-8-17(6-5-14(10)16-19)9-11-3-4-12(18(20)21)7-13(11)15/h3-4,7,10,19H,2,5-6,8-9H2,1H3/b16-14+. The van der Waals surface area contributed by atoms with Crippen LogP contribution in [0.1, 0.15) is 25.3 Å². The van der Waals surface area contributed by atoms with Gasteiger partial charge in [-0.2, -0.15) is 0 Å². The summed E-state index contributed by atoms with van der Waals surface area (Å²) >= 11 is 6.12. The van der Waals surface area contributed by atoms with Crippen LogP contribution < -0.4 is 0 Å². The van der Waals surface area contributed by atoms with Gasteiger partial charge in [-0.25, -0.2) is 0 Å². The predicted molar refractivity (Wildman–Crippen MR) is 81.0 cm³/mol. The maximum absolute atomic E-state index is 10.7. The molecule has 2 rings (SSSR count). The number of nitro groups is 1. The van der Waals surface area contributed by atoms with Gasteiger partial charge in [0.05, 0.1) is 15.7 Å². The number of likely N-dealkylation sites (tertiary alicyclic amines) is 1. The second-order valence-corrected chi connectivity index (χ2v) is 5.62. The maximum Gasteiger partial charge on any atom is 0.270 e. The predicted octanol–water partition coefficient (Wildman–Crippen LogP) is 3.31. The summed E-state index contributed by atoms with van der Waals surface area (Å²) in [4.78, 5) is 12.5. The van der Waals surface area contributed by atoms with Crippen LogP contribution in [0.4, 0.5) is 5.69 Å². The van der Waals surface area contributed by atoms with E-state index in [4.69, 9.17) is 16.8 Å². The van der Waals surface area contributed by atoms with Gasteiger partial charge in [0.1, 0.15) is 0 Å². The third-order valence-corrected chi connectivity index (χ3v) is 4.25. The fourth-order valence-electron chi connectivity index (χ4n) is 2.64. The molecule has 7 heteroatoms. The Bertz CT molecular complexity index is 562. The van der Waals surface area contributed by atoms with Crippen LogP contribution in [0.3, 0.4) is 0 Å². The van der Waals surface area contributed by atoms with Gasteiger partial charge in [0, 0.05) is 44.1 Å². The van der Waals surface area contributed by atoms with Crippen molar-refractivity contribution in [2.24, 2.45) is 11.1 Å². The Kier molecular flexibility index (Phi) is 5.14. The summed E-state index contributed by atoms with van der Waals surface area (Å²) in [5.41, 5.74) is 1.73. The van der Waals surface area contributed by atoms with Crippen LogP contribution in [0.25, 0.3) is 0 Å². The van der Waals surface area contributed by atoms with Crippen molar-refractivity contribution < 1.29 is 10.1 Å². The molecular formula is C14H18ClN3O3. The van der Waals surface area contributed by atoms with Crippen LogP contribution >= 0.6 is 11.6 Å². The highest BCUT2D eigenvalue weighted by Crippen LogP contribution is 2.25. The molecule has 0 radical (unpaired) electrons. The summed E-state index contributed by atoms with van der Waals surface area (Å²) < 4.78 is 0. The van der Waals surface area contributed by atoms with E-state index in [2.05, 4.69) is 17.0 Å². The second kappa shape index (κ2) is 6.87. The van der Waals surface area contributed by atoms with Crippen LogP contribution in [0, 0.1) is 16.0 Å². The molecule has 1 saturated heterocycles. The van der Waals surface area contributed by atoms with E-state index in [0.717, 1.165) is 37.2 Å². The lowest BCUT2D eigenvalue weighted by Crippen LogP contribution is -2.40. The number of hydrogen-bond donors (Lipinski definition) is 1. The van der Waals surface area contributed by atoms with Crippen molar-refractivity contribution in [1.29, 1.82) is 0 Å². The SMILES string of the molecule is CCC1CN(Cc2ccc([N+](=O)[O-])cc2Cl)CC/C1=N\O. The van der Waals surface area contributed by atoms with Crippen molar-refractivity contribution in [3.8, 4) is 0 Å². The third-order valence-electron chi connectivity index (χ3n) is 3.90. The molecule has 0 aromatic heterocycles. The fourth-order valence-corrected chi connectivity index (χ4v) is 2.88. The van der Waals surface area contributed by atoms with Gasteiger partial charge in [-0.05, 0) is 18.1 Å². The largest absolute Gasteiger partial charge is 0.411 e. The lowest BCUT2D eigenvalue weighted by Gasteiger charge is -2.32. The molecule has 1 heterocycles. The molecule has 114 valence electrons. The lowest BCUT2D eigenvalue weighted by molar-refractivity contribution is -0.384. The number of non-ortho nitro benzene ring substituents is 1. The first-order valence-corrected chi connectivity index (χ1v) is 7.29. The molecule has 1 aromatic rings. The maximum atomic E-state index is 10.7. The van der Waals surface area contributed by atoms with Crippen LogP contribution in [0.2, 0.25) is 5.02 Å². The van der Waals surface area contributed by atoms with Gasteiger partial charge in [-0.1, -0.05) is 23.7 Å². The number of piperidine rings is 1. The Hall–Kier alpha value is -1.66. The highest BCUT2D eigenvalue weighted by atomic mass is 35.5. The normalized spacial score (nSPS) is 21.6. The van der Waals surface area contributed by atoms with Crippen molar-refractivity contribution in [1.82, 2.24) is 4.90 Å². The number of nitro benzene ring substituents is 1. The number of halogens is 1. The average Bonchev–Trinajstić information content (AvgIpc) is 2.48. The van der Waals surface area contributed by atoms with Gasteiger partial charge in [0.15, 0.2) is 0 Å². The molecule has 6 nitrogen and oxygen atoms in total. The summed E-state index contributed by atoms with van der Waals surface area (Å²) in [6.45, 7) is 4.32. The van der Waals surface area contributed by atoms with Gasteiger partial charge in [0.25, 0.3) is 5.69 Å². The minimum Gasteiger partial charge on any atom is -0.411 e. The van der Waals surface area contributed by atoms with Gasteiger partial charge in [0.2, 0.25) is 0 Å². The van der Waals surface area contributed by atoms with Crippen LogP contribution in [-0.2, 0) is 6.54 Å². The first kappa shape index (κ1) is 15.7. The first-order chi connectivity index (χ1) is 10.0. The quantitative estimate of drug-likeness (QED) is 0.525. The molecular weight excluding hydrogens is 294 g/mol. The van der Waals surface area contributed by atoms with E-state index >= 15 is 0 Å². The zero-order valence-corrected chi connectivity index (χ0v) is 12.6. The van der Waals surface area contributed by atoms with Gasteiger partial charge >= 0.3 is 0 Å². The van der Waals surface area contributed by atoms with Crippen molar-refractivity contribution in [2.75, 3.05) is 13.1 Å². The minimum atomic E-state index is -0.451. The number of rotatable bonds is 4. The highest BCUT2D eigenvalue weighted by Gasteiger charge is 2.25. The van der Waals surface area contributed by atoms with Crippen molar-refractivity contribution in [3.63, 3.8) is 0 Å². The molecule has 0 spiro atoms. The van der Waals surface area contributed by atoms with Crippen molar-refractivity contribution in [2.45, 2.75) is 26.3 Å². The molecule has 21 heavy (non-hydrogen) atoms. The molecule has 1 aromatic carbocycles. The number of benzene rings is 1. The van der Waals surface area contributed by atoms with Crippen LogP contribution in [-0.4, -0.2) is 33.8 Å². The molecule has 1 atom stereocenters. The second-order valence-electron chi connectivity index (χ2n) is 5.21. The lowest BCUT2D eigenvalue weighted by atomic mass is 9.93. The van der Waals surface area contributed by atoms with Gasteiger partial charge in [-0.3, -0.25) is 15.0 Å². The minimum absolute atomic E-state index is 0.00327. The van der Waals surface area contributed by atoms with Crippen molar-refractivity contribution >= 4 is 23.0 Å². The molecule has 0 aliphatic carbocycles. The fraction of sp³-hybridized carbons (Fsp3) is 0.500. The molecule has 1 aliphatic rings. The van der Waals surface area contributed by atoms with Gasteiger partial charge < -0.3 is 5.21 Å². The van der Waals surface area contributed by atoms with Crippen LogP contribution in [0.5, 0.6) is 0 Å². The Labute approximate surface area is 128 Å².